The molecule has 1 N–H and O–H groups in total. The fraction of sp³-hybridized carbons (Fsp3) is 0.167. The highest BCUT2D eigenvalue weighted by atomic mass is 32.2. The lowest BCUT2D eigenvalue weighted by Crippen LogP contribution is -2.23. The van der Waals surface area contributed by atoms with Crippen molar-refractivity contribution in [3.8, 4) is 11.8 Å². The summed E-state index contributed by atoms with van der Waals surface area (Å²) in [6.07, 6.45) is 1.42. The van der Waals surface area contributed by atoms with Crippen LogP contribution in [0.1, 0.15) is 5.56 Å². The summed E-state index contributed by atoms with van der Waals surface area (Å²) in [6, 6.07) is 6.64. The molecule has 0 heterocycles. The zero-order valence-electron chi connectivity index (χ0n) is 9.03. The maximum atomic E-state index is 11.7. The second-order valence-corrected chi connectivity index (χ2v) is 4.93. The van der Waals surface area contributed by atoms with Crippen LogP contribution in [0, 0.1) is 18.8 Å². The minimum Gasteiger partial charge on any atom is -0.207 e. The fourth-order valence-corrected chi connectivity index (χ4v) is 1.98. The van der Waals surface area contributed by atoms with Gasteiger partial charge in [0.1, 0.15) is 0 Å². The molecular weight excluding hydrogens is 222 g/mol. The highest BCUT2D eigenvalue weighted by Gasteiger charge is 2.11. The molecule has 0 amide bonds. The van der Waals surface area contributed by atoms with Gasteiger partial charge in [-0.2, -0.15) is 4.72 Å². The molecule has 0 saturated heterocycles. The number of benzene rings is 1. The SMILES string of the molecule is C=CC#CCNS(=O)(=O)c1ccc(C)cc1. The van der Waals surface area contributed by atoms with Crippen LogP contribution in [0.15, 0.2) is 41.8 Å². The van der Waals surface area contributed by atoms with Crippen molar-refractivity contribution in [2.24, 2.45) is 0 Å². The Hall–Kier alpha value is -1.57. The molecule has 0 spiro atoms. The van der Waals surface area contributed by atoms with E-state index in [4.69, 9.17) is 0 Å². The van der Waals surface area contributed by atoms with Gasteiger partial charge < -0.3 is 0 Å². The van der Waals surface area contributed by atoms with Crippen LogP contribution in [0.4, 0.5) is 0 Å². The Morgan fingerprint density at radius 1 is 1.38 bits per heavy atom. The normalized spacial score (nSPS) is 10.3. The smallest absolute Gasteiger partial charge is 0.207 e. The van der Waals surface area contributed by atoms with Gasteiger partial charge in [-0.25, -0.2) is 8.42 Å². The van der Waals surface area contributed by atoms with Gasteiger partial charge >= 0.3 is 0 Å². The van der Waals surface area contributed by atoms with E-state index < -0.39 is 10.0 Å². The minimum absolute atomic E-state index is 0.0855. The topological polar surface area (TPSA) is 46.2 Å². The fourth-order valence-electron chi connectivity index (χ4n) is 1.06. The first-order valence-electron chi connectivity index (χ1n) is 4.72. The molecule has 0 radical (unpaired) electrons. The van der Waals surface area contributed by atoms with Crippen LogP contribution in [0.25, 0.3) is 0 Å². The standard InChI is InChI=1S/C12H13NO2S/c1-3-4-5-10-13-16(14,15)12-8-6-11(2)7-9-12/h3,6-9,13H,1,10H2,2H3. The van der Waals surface area contributed by atoms with Crippen LogP contribution in [-0.4, -0.2) is 15.0 Å². The molecule has 0 atom stereocenters. The predicted octanol–water partition coefficient (Wildman–Crippen LogP) is 1.46. The first-order valence-corrected chi connectivity index (χ1v) is 6.20. The highest BCUT2D eigenvalue weighted by molar-refractivity contribution is 7.89. The van der Waals surface area contributed by atoms with Gasteiger partial charge in [0.2, 0.25) is 10.0 Å². The van der Waals surface area contributed by atoms with Gasteiger partial charge in [0.15, 0.2) is 0 Å². The van der Waals surface area contributed by atoms with Crippen LogP contribution in [-0.2, 0) is 10.0 Å². The van der Waals surface area contributed by atoms with Crippen molar-refractivity contribution in [3.63, 3.8) is 0 Å². The molecular formula is C12H13NO2S. The summed E-state index contributed by atoms with van der Waals surface area (Å²) in [5.41, 5.74) is 1.02. The van der Waals surface area contributed by atoms with Crippen molar-refractivity contribution in [1.29, 1.82) is 0 Å². The molecule has 1 aromatic rings. The van der Waals surface area contributed by atoms with Crippen molar-refractivity contribution < 1.29 is 8.42 Å². The van der Waals surface area contributed by atoms with Gasteiger partial charge in [0.05, 0.1) is 11.4 Å². The van der Waals surface area contributed by atoms with E-state index >= 15 is 0 Å². The highest BCUT2D eigenvalue weighted by Crippen LogP contribution is 2.09. The van der Waals surface area contributed by atoms with E-state index in [9.17, 15) is 8.42 Å². The molecule has 16 heavy (non-hydrogen) atoms. The molecule has 0 saturated carbocycles. The van der Waals surface area contributed by atoms with Crippen LogP contribution >= 0.6 is 0 Å². The average molecular weight is 235 g/mol. The predicted molar refractivity (Wildman–Crippen MR) is 64.3 cm³/mol. The largest absolute Gasteiger partial charge is 0.241 e. The Morgan fingerprint density at radius 3 is 2.56 bits per heavy atom. The van der Waals surface area contributed by atoms with E-state index in [1.54, 1.807) is 24.3 Å². The maximum absolute atomic E-state index is 11.7. The van der Waals surface area contributed by atoms with Gasteiger partial charge in [-0.05, 0) is 25.1 Å². The third-order valence-corrected chi connectivity index (χ3v) is 3.30. The average Bonchev–Trinajstić information content (AvgIpc) is 2.25. The summed E-state index contributed by atoms with van der Waals surface area (Å²) >= 11 is 0. The van der Waals surface area contributed by atoms with E-state index in [1.807, 2.05) is 6.92 Å². The van der Waals surface area contributed by atoms with Crippen molar-refractivity contribution in [2.75, 3.05) is 6.54 Å². The molecule has 0 aliphatic carbocycles. The summed E-state index contributed by atoms with van der Waals surface area (Å²) in [5, 5.41) is 0. The van der Waals surface area contributed by atoms with Gasteiger partial charge in [-0.15, -0.1) is 0 Å². The van der Waals surface area contributed by atoms with Crippen LogP contribution < -0.4 is 4.72 Å². The summed E-state index contributed by atoms with van der Waals surface area (Å²) < 4.78 is 25.8. The summed E-state index contributed by atoms with van der Waals surface area (Å²) in [4.78, 5) is 0.249. The molecule has 0 fully saturated rings. The Balaban J connectivity index is 2.78. The van der Waals surface area contributed by atoms with E-state index in [1.165, 1.54) is 6.08 Å². The molecule has 4 heteroatoms. The Kier molecular flexibility index (Phi) is 4.29. The molecule has 1 aromatic carbocycles. The second kappa shape index (κ2) is 5.50. The molecule has 0 bridgehead atoms. The number of aryl methyl sites for hydroxylation is 1. The second-order valence-electron chi connectivity index (χ2n) is 3.16. The van der Waals surface area contributed by atoms with Crippen molar-refractivity contribution in [1.82, 2.24) is 4.72 Å². The van der Waals surface area contributed by atoms with E-state index in [-0.39, 0.29) is 11.4 Å². The molecule has 3 nitrogen and oxygen atoms in total. The lowest BCUT2D eigenvalue weighted by atomic mass is 10.2. The Labute approximate surface area is 96.2 Å². The molecule has 0 aliphatic rings. The van der Waals surface area contributed by atoms with Gasteiger partial charge in [0.25, 0.3) is 0 Å². The molecule has 84 valence electrons. The van der Waals surface area contributed by atoms with Crippen molar-refractivity contribution >= 4 is 10.0 Å². The van der Waals surface area contributed by atoms with Crippen molar-refractivity contribution in [2.45, 2.75) is 11.8 Å². The Morgan fingerprint density at radius 2 is 2.00 bits per heavy atom. The van der Waals surface area contributed by atoms with Gasteiger partial charge in [0, 0.05) is 0 Å². The number of allylic oxidation sites excluding steroid dienone is 1. The lowest BCUT2D eigenvalue weighted by molar-refractivity contribution is 0.586. The number of sulfonamides is 1. The maximum Gasteiger partial charge on any atom is 0.241 e. The first kappa shape index (κ1) is 12.5. The zero-order chi connectivity index (χ0) is 12.0. The molecule has 0 aromatic heterocycles. The van der Waals surface area contributed by atoms with E-state index in [2.05, 4.69) is 23.1 Å². The van der Waals surface area contributed by atoms with Crippen LogP contribution in [0.3, 0.4) is 0 Å². The van der Waals surface area contributed by atoms with Crippen LogP contribution in [0.5, 0.6) is 0 Å². The van der Waals surface area contributed by atoms with Gasteiger partial charge in [-0.3, -0.25) is 0 Å². The lowest BCUT2D eigenvalue weighted by Gasteiger charge is -2.03. The minimum atomic E-state index is -3.44. The zero-order valence-corrected chi connectivity index (χ0v) is 9.84. The first-order chi connectivity index (χ1) is 7.56. The van der Waals surface area contributed by atoms with E-state index in [0.29, 0.717) is 0 Å². The van der Waals surface area contributed by atoms with Crippen molar-refractivity contribution in [3.05, 3.63) is 42.5 Å². The Bertz CT molecular complexity index is 518. The monoisotopic (exact) mass is 235 g/mol. The summed E-state index contributed by atoms with van der Waals surface area (Å²) in [5.74, 6) is 5.18. The third kappa shape index (κ3) is 3.54. The quantitative estimate of drug-likeness (QED) is 0.806. The number of hydrogen-bond acceptors (Lipinski definition) is 2. The van der Waals surface area contributed by atoms with Crippen LogP contribution in [0.2, 0.25) is 0 Å². The molecule has 0 aliphatic heterocycles. The molecule has 0 unspecified atom stereocenters. The number of nitrogens with one attached hydrogen (secondary N) is 1. The third-order valence-electron chi connectivity index (χ3n) is 1.89. The number of rotatable bonds is 3. The summed E-state index contributed by atoms with van der Waals surface area (Å²) in [6.45, 7) is 5.40. The number of hydrogen-bond donors (Lipinski definition) is 1. The van der Waals surface area contributed by atoms with Gasteiger partial charge in [-0.1, -0.05) is 36.1 Å². The molecule has 1 rings (SSSR count). The summed E-state index contributed by atoms with van der Waals surface area (Å²) in [7, 11) is -3.44. The van der Waals surface area contributed by atoms with E-state index in [0.717, 1.165) is 5.56 Å².